The summed E-state index contributed by atoms with van der Waals surface area (Å²) in [5, 5.41) is 13.2. The van der Waals surface area contributed by atoms with Gasteiger partial charge in [0.1, 0.15) is 0 Å². The van der Waals surface area contributed by atoms with Crippen molar-refractivity contribution in [3.63, 3.8) is 0 Å². The van der Waals surface area contributed by atoms with E-state index >= 15 is 0 Å². The van der Waals surface area contributed by atoms with Gasteiger partial charge >= 0.3 is 5.97 Å². The maximum absolute atomic E-state index is 12.5. The van der Waals surface area contributed by atoms with Crippen molar-refractivity contribution in [3.05, 3.63) is 42.1 Å². The minimum atomic E-state index is -0.809. The first-order chi connectivity index (χ1) is 13.0. The normalized spacial score (nSPS) is 17.4. The Morgan fingerprint density at radius 3 is 2.63 bits per heavy atom. The zero-order chi connectivity index (χ0) is 19.3. The zero-order valence-corrected chi connectivity index (χ0v) is 15.5. The van der Waals surface area contributed by atoms with Crippen molar-refractivity contribution >= 4 is 22.8 Å². The molecule has 1 aliphatic rings. The lowest BCUT2D eigenvalue weighted by molar-refractivity contribution is -0.140. The quantitative estimate of drug-likeness (QED) is 0.696. The molecule has 0 bridgehead atoms. The topological polar surface area (TPSA) is 105 Å². The molecule has 0 aliphatic heterocycles. The summed E-state index contributed by atoms with van der Waals surface area (Å²) in [5.74, 6) is -1.06. The number of carboxylic acids is 1. The number of fused-ring (bicyclic) bond motifs is 1. The van der Waals surface area contributed by atoms with E-state index in [1.165, 1.54) is 0 Å². The van der Waals surface area contributed by atoms with Gasteiger partial charge in [-0.3, -0.25) is 14.6 Å². The number of aromatic nitrogens is 1. The largest absolute Gasteiger partial charge is 0.481 e. The lowest BCUT2D eigenvalue weighted by Gasteiger charge is -2.36. The van der Waals surface area contributed by atoms with Gasteiger partial charge in [-0.15, -0.1) is 0 Å². The van der Waals surface area contributed by atoms with E-state index in [1.54, 1.807) is 0 Å². The van der Waals surface area contributed by atoms with E-state index in [0.29, 0.717) is 13.0 Å². The molecule has 0 radical (unpaired) electrons. The lowest BCUT2D eigenvalue weighted by atomic mass is 9.71. The van der Waals surface area contributed by atoms with Gasteiger partial charge in [-0.2, -0.15) is 0 Å². The van der Waals surface area contributed by atoms with Crippen LogP contribution in [0.1, 0.15) is 44.2 Å². The van der Waals surface area contributed by atoms with Crippen LogP contribution < -0.4 is 11.1 Å². The number of carboxylic acid groups (broad SMARTS) is 1. The SMILES string of the molecule is N[C@H](Cc1ccc2ccccc2n1)C(=O)NCC1(CC(=O)O)CCCCC1. The van der Waals surface area contributed by atoms with Crippen LogP contribution in [0.3, 0.4) is 0 Å². The molecule has 27 heavy (non-hydrogen) atoms. The molecule has 4 N–H and O–H groups in total. The van der Waals surface area contributed by atoms with Crippen molar-refractivity contribution in [1.29, 1.82) is 0 Å². The third-order valence-electron chi connectivity index (χ3n) is 5.50. The number of pyridine rings is 1. The molecule has 2 aromatic rings. The third kappa shape index (κ3) is 5.04. The van der Waals surface area contributed by atoms with E-state index < -0.39 is 12.0 Å². The molecule has 1 aromatic heterocycles. The van der Waals surface area contributed by atoms with Gasteiger partial charge in [0, 0.05) is 24.0 Å². The van der Waals surface area contributed by atoms with Gasteiger partial charge < -0.3 is 16.2 Å². The van der Waals surface area contributed by atoms with Crippen LogP contribution >= 0.6 is 0 Å². The van der Waals surface area contributed by atoms with Crippen LogP contribution in [0, 0.1) is 5.41 Å². The van der Waals surface area contributed by atoms with E-state index in [1.807, 2.05) is 36.4 Å². The molecule has 1 amide bonds. The van der Waals surface area contributed by atoms with Crippen molar-refractivity contribution in [2.24, 2.45) is 11.1 Å². The molecule has 1 aromatic carbocycles. The Kier molecular flexibility index (Phi) is 6.06. The van der Waals surface area contributed by atoms with Crippen LogP contribution in [0.2, 0.25) is 0 Å². The number of nitrogens with one attached hydrogen (secondary N) is 1. The number of aliphatic carboxylic acids is 1. The monoisotopic (exact) mass is 369 g/mol. The summed E-state index contributed by atoms with van der Waals surface area (Å²) < 4.78 is 0. The van der Waals surface area contributed by atoms with Gasteiger partial charge in [-0.1, -0.05) is 43.5 Å². The van der Waals surface area contributed by atoms with E-state index in [2.05, 4.69) is 10.3 Å². The average molecular weight is 369 g/mol. The molecule has 1 atom stereocenters. The minimum absolute atomic E-state index is 0.0920. The van der Waals surface area contributed by atoms with Crippen molar-refractivity contribution in [3.8, 4) is 0 Å². The molecule has 0 spiro atoms. The Bertz CT molecular complexity index is 815. The molecule has 1 heterocycles. The second kappa shape index (κ2) is 8.48. The van der Waals surface area contributed by atoms with Crippen LogP contribution in [0.25, 0.3) is 10.9 Å². The number of rotatable bonds is 7. The van der Waals surface area contributed by atoms with Crippen LogP contribution in [0.4, 0.5) is 0 Å². The van der Waals surface area contributed by atoms with Crippen LogP contribution in [0.5, 0.6) is 0 Å². The van der Waals surface area contributed by atoms with Gasteiger partial charge in [0.2, 0.25) is 5.91 Å². The van der Waals surface area contributed by atoms with E-state index in [4.69, 9.17) is 5.73 Å². The minimum Gasteiger partial charge on any atom is -0.481 e. The number of amides is 1. The van der Waals surface area contributed by atoms with Gasteiger partial charge in [-0.25, -0.2) is 0 Å². The smallest absolute Gasteiger partial charge is 0.303 e. The highest BCUT2D eigenvalue weighted by Gasteiger charge is 2.35. The Morgan fingerprint density at radius 1 is 1.15 bits per heavy atom. The van der Waals surface area contributed by atoms with Gasteiger partial charge in [0.15, 0.2) is 0 Å². The lowest BCUT2D eigenvalue weighted by Crippen LogP contribution is -2.47. The standard InChI is InChI=1S/C21H27N3O3/c22-17(12-16-9-8-15-6-2-3-7-18(15)24-16)20(27)23-14-21(13-19(25)26)10-4-1-5-11-21/h2-3,6-9,17H,1,4-5,10-14,22H2,(H,23,27)(H,25,26)/t17-/m1/s1. The first-order valence-corrected chi connectivity index (χ1v) is 9.57. The number of nitrogens with zero attached hydrogens (tertiary/aromatic N) is 1. The summed E-state index contributed by atoms with van der Waals surface area (Å²) in [7, 11) is 0. The highest BCUT2D eigenvalue weighted by molar-refractivity contribution is 5.82. The molecule has 1 aliphatic carbocycles. The second-order valence-electron chi connectivity index (χ2n) is 7.65. The molecule has 6 heteroatoms. The average Bonchev–Trinajstić information content (AvgIpc) is 2.66. The fourth-order valence-corrected chi connectivity index (χ4v) is 3.98. The Hall–Kier alpha value is -2.47. The fourth-order valence-electron chi connectivity index (χ4n) is 3.98. The number of carbonyl (C=O) groups is 2. The van der Waals surface area contributed by atoms with Crippen molar-refractivity contribution in [2.75, 3.05) is 6.54 Å². The molecule has 0 saturated heterocycles. The molecule has 1 saturated carbocycles. The fraction of sp³-hybridized carbons (Fsp3) is 0.476. The highest BCUT2D eigenvalue weighted by Crippen LogP contribution is 2.38. The number of para-hydroxylation sites is 1. The van der Waals surface area contributed by atoms with Crippen molar-refractivity contribution < 1.29 is 14.7 Å². The molecule has 144 valence electrons. The molecular formula is C21H27N3O3. The summed E-state index contributed by atoms with van der Waals surface area (Å²) in [5.41, 5.74) is 7.39. The van der Waals surface area contributed by atoms with Crippen molar-refractivity contribution in [1.82, 2.24) is 10.3 Å². The second-order valence-corrected chi connectivity index (χ2v) is 7.65. The summed E-state index contributed by atoms with van der Waals surface area (Å²) in [6.07, 6.45) is 5.26. The number of carbonyl (C=O) groups excluding carboxylic acids is 1. The molecule has 3 rings (SSSR count). The van der Waals surface area contributed by atoms with Gasteiger partial charge in [0.05, 0.1) is 18.0 Å². The first-order valence-electron chi connectivity index (χ1n) is 9.57. The predicted molar refractivity (Wildman–Crippen MR) is 104 cm³/mol. The maximum atomic E-state index is 12.5. The highest BCUT2D eigenvalue weighted by atomic mass is 16.4. The maximum Gasteiger partial charge on any atom is 0.303 e. The first kappa shape index (κ1) is 19.3. The summed E-state index contributed by atoms with van der Waals surface area (Å²) >= 11 is 0. The predicted octanol–water partition coefficient (Wildman–Crippen LogP) is 2.65. The summed E-state index contributed by atoms with van der Waals surface area (Å²) in [6, 6.07) is 11.0. The summed E-state index contributed by atoms with van der Waals surface area (Å²) in [6.45, 7) is 0.372. The van der Waals surface area contributed by atoms with Crippen LogP contribution in [0.15, 0.2) is 36.4 Å². The van der Waals surface area contributed by atoms with Crippen molar-refractivity contribution in [2.45, 2.75) is 51.0 Å². The Balaban J connectivity index is 1.59. The third-order valence-corrected chi connectivity index (χ3v) is 5.50. The molecule has 1 fully saturated rings. The zero-order valence-electron chi connectivity index (χ0n) is 15.5. The number of hydrogen-bond acceptors (Lipinski definition) is 4. The number of nitrogens with two attached hydrogens (primary N) is 1. The molecule has 0 unspecified atom stereocenters. The van der Waals surface area contributed by atoms with Crippen LogP contribution in [-0.4, -0.2) is 34.6 Å². The van der Waals surface area contributed by atoms with Crippen LogP contribution in [-0.2, 0) is 16.0 Å². The summed E-state index contributed by atoms with van der Waals surface area (Å²) in [4.78, 5) is 28.3. The van der Waals surface area contributed by atoms with Gasteiger partial charge in [-0.05, 0) is 30.4 Å². The van der Waals surface area contributed by atoms with Gasteiger partial charge in [0.25, 0.3) is 0 Å². The Labute approximate surface area is 159 Å². The van der Waals surface area contributed by atoms with E-state index in [0.717, 1.165) is 48.7 Å². The number of hydrogen-bond donors (Lipinski definition) is 3. The van der Waals surface area contributed by atoms with E-state index in [-0.39, 0.29) is 17.7 Å². The van der Waals surface area contributed by atoms with E-state index in [9.17, 15) is 14.7 Å². The number of benzene rings is 1. The Morgan fingerprint density at radius 2 is 1.89 bits per heavy atom. The molecule has 6 nitrogen and oxygen atoms in total. The molecular weight excluding hydrogens is 342 g/mol.